The van der Waals surface area contributed by atoms with Crippen molar-refractivity contribution in [2.75, 3.05) is 5.73 Å². The minimum absolute atomic E-state index is 0.0391. The number of hydrogen-bond donors (Lipinski definition) is 1. The third-order valence-electron chi connectivity index (χ3n) is 3.67. The molecule has 3 rings (SSSR count). The van der Waals surface area contributed by atoms with Gasteiger partial charge < -0.3 is 10.3 Å². The van der Waals surface area contributed by atoms with Crippen LogP contribution in [0.15, 0.2) is 28.7 Å². The predicted octanol–water partition coefficient (Wildman–Crippen LogP) is 4.53. The standard InChI is InChI=1S/C16H20BrN3/c1-16(2,3)20-14(18)13(19-15(20)11-4-5-11)10-6-8-12(17)9-7-10/h6-9,11H,4-5,18H2,1-3H3. The molecule has 20 heavy (non-hydrogen) atoms. The fraction of sp³-hybridized carbons (Fsp3) is 0.438. The van der Waals surface area contributed by atoms with E-state index in [9.17, 15) is 0 Å². The second-order valence-corrected chi connectivity index (χ2v) is 7.41. The molecule has 0 atom stereocenters. The average Bonchev–Trinajstić information content (AvgIpc) is 3.13. The monoisotopic (exact) mass is 333 g/mol. The maximum Gasteiger partial charge on any atom is 0.132 e. The molecule has 1 aliphatic carbocycles. The molecule has 1 heterocycles. The minimum atomic E-state index is -0.0391. The first kappa shape index (κ1) is 13.7. The van der Waals surface area contributed by atoms with Gasteiger partial charge in [-0.15, -0.1) is 0 Å². The molecular formula is C16H20BrN3. The van der Waals surface area contributed by atoms with Crippen LogP contribution in [-0.2, 0) is 5.54 Å². The highest BCUT2D eigenvalue weighted by atomic mass is 79.9. The third-order valence-corrected chi connectivity index (χ3v) is 4.20. The summed E-state index contributed by atoms with van der Waals surface area (Å²) in [5.41, 5.74) is 8.37. The molecule has 0 bridgehead atoms. The van der Waals surface area contributed by atoms with Gasteiger partial charge in [0.1, 0.15) is 17.3 Å². The number of nitrogen functional groups attached to an aromatic ring is 1. The lowest BCUT2D eigenvalue weighted by Gasteiger charge is -2.25. The van der Waals surface area contributed by atoms with Crippen molar-refractivity contribution in [1.29, 1.82) is 0 Å². The van der Waals surface area contributed by atoms with E-state index in [0.717, 1.165) is 27.4 Å². The summed E-state index contributed by atoms with van der Waals surface area (Å²) >= 11 is 3.46. The van der Waals surface area contributed by atoms with Crippen LogP contribution >= 0.6 is 15.9 Å². The molecule has 1 saturated carbocycles. The molecule has 1 aliphatic rings. The van der Waals surface area contributed by atoms with Crippen molar-refractivity contribution >= 4 is 21.7 Å². The van der Waals surface area contributed by atoms with Crippen LogP contribution in [-0.4, -0.2) is 9.55 Å². The zero-order valence-electron chi connectivity index (χ0n) is 12.2. The Morgan fingerprint density at radius 1 is 1.20 bits per heavy atom. The Morgan fingerprint density at radius 3 is 2.30 bits per heavy atom. The number of nitrogens with two attached hydrogens (primary N) is 1. The van der Waals surface area contributed by atoms with Crippen molar-refractivity contribution in [3.8, 4) is 11.3 Å². The number of anilines is 1. The molecule has 0 aliphatic heterocycles. The topological polar surface area (TPSA) is 43.8 Å². The normalized spacial score (nSPS) is 15.6. The Labute approximate surface area is 128 Å². The number of nitrogens with zero attached hydrogens (tertiary/aromatic N) is 2. The van der Waals surface area contributed by atoms with Crippen LogP contribution < -0.4 is 5.73 Å². The van der Waals surface area contributed by atoms with Crippen LogP contribution in [0.1, 0.15) is 45.4 Å². The predicted molar refractivity (Wildman–Crippen MR) is 86.7 cm³/mol. The first-order chi connectivity index (χ1) is 9.38. The molecule has 4 heteroatoms. The van der Waals surface area contributed by atoms with Crippen LogP contribution in [0.2, 0.25) is 0 Å². The van der Waals surface area contributed by atoms with Gasteiger partial charge in [-0.2, -0.15) is 0 Å². The van der Waals surface area contributed by atoms with Gasteiger partial charge >= 0.3 is 0 Å². The van der Waals surface area contributed by atoms with E-state index in [1.807, 2.05) is 12.1 Å². The number of halogens is 1. The van der Waals surface area contributed by atoms with Crippen molar-refractivity contribution in [2.24, 2.45) is 0 Å². The van der Waals surface area contributed by atoms with Crippen molar-refractivity contribution in [2.45, 2.75) is 45.1 Å². The van der Waals surface area contributed by atoms with E-state index >= 15 is 0 Å². The van der Waals surface area contributed by atoms with Gasteiger partial charge in [0, 0.05) is 21.5 Å². The molecule has 3 nitrogen and oxygen atoms in total. The second kappa shape index (κ2) is 4.62. The van der Waals surface area contributed by atoms with Crippen molar-refractivity contribution in [3.05, 3.63) is 34.6 Å². The van der Waals surface area contributed by atoms with Gasteiger partial charge in [0.2, 0.25) is 0 Å². The van der Waals surface area contributed by atoms with Crippen LogP contribution in [0.25, 0.3) is 11.3 Å². The van der Waals surface area contributed by atoms with Gasteiger partial charge in [0.25, 0.3) is 0 Å². The Balaban J connectivity index is 2.15. The zero-order chi connectivity index (χ0) is 14.5. The molecule has 0 spiro atoms. The van der Waals surface area contributed by atoms with E-state index in [0.29, 0.717) is 5.92 Å². The number of hydrogen-bond acceptors (Lipinski definition) is 2. The first-order valence-corrected chi connectivity index (χ1v) is 7.82. The summed E-state index contributed by atoms with van der Waals surface area (Å²) in [6.07, 6.45) is 2.46. The van der Waals surface area contributed by atoms with Crippen LogP contribution in [0.3, 0.4) is 0 Å². The van der Waals surface area contributed by atoms with E-state index in [1.54, 1.807) is 0 Å². The molecule has 2 N–H and O–H groups in total. The fourth-order valence-corrected chi connectivity index (χ4v) is 2.86. The molecule has 1 aromatic carbocycles. The highest BCUT2D eigenvalue weighted by molar-refractivity contribution is 9.10. The molecule has 0 unspecified atom stereocenters. The third kappa shape index (κ3) is 2.37. The maximum absolute atomic E-state index is 6.41. The lowest BCUT2D eigenvalue weighted by molar-refractivity contribution is 0.388. The largest absolute Gasteiger partial charge is 0.383 e. The van der Waals surface area contributed by atoms with Crippen LogP contribution in [0.5, 0.6) is 0 Å². The SMILES string of the molecule is CC(C)(C)n1c(C2CC2)nc(-c2ccc(Br)cc2)c1N. The average molecular weight is 334 g/mol. The number of imidazole rings is 1. The van der Waals surface area contributed by atoms with Gasteiger partial charge in [-0.1, -0.05) is 28.1 Å². The second-order valence-electron chi connectivity index (χ2n) is 6.49. The Kier molecular flexibility index (Phi) is 3.16. The summed E-state index contributed by atoms with van der Waals surface area (Å²) in [5.74, 6) is 2.51. The Morgan fingerprint density at radius 2 is 1.80 bits per heavy atom. The van der Waals surface area contributed by atoms with Crippen molar-refractivity contribution < 1.29 is 0 Å². The van der Waals surface area contributed by atoms with Gasteiger partial charge in [-0.3, -0.25) is 0 Å². The smallest absolute Gasteiger partial charge is 0.132 e. The lowest BCUT2D eigenvalue weighted by Crippen LogP contribution is -2.25. The fourth-order valence-electron chi connectivity index (χ4n) is 2.59. The van der Waals surface area contributed by atoms with Crippen molar-refractivity contribution in [1.82, 2.24) is 9.55 Å². The van der Waals surface area contributed by atoms with E-state index in [-0.39, 0.29) is 5.54 Å². The molecule has 1 fully saturated rings. The number of benzene rings is 1. The lowest BCUT2D eigenvalue weighted by atomic mass is 10.1. The molecule has 1 aromatic heterocycles. The Hall–Kier alpha value is -1.29. The molecule has 0 amide bonds. The van der Waals surface area contributed by atoms with E-state index in [1.165, 1.54) is 12.8 Å². The maximum atomic E-state index is 6.41. The number of rotatable bonds is 2. The Bertz CT molecular complexity index is 631. The molecule has 2 aromatic rings. The van der Waals surface area contributed by atoms with E-state index in [2.05, 4.69) is 53.4 Å². The van der Waals surface area contributed by atoms with Gasteiger partial charge in [0.05, 0.1) is 0 Å². The van der Waals surface area contributed by atoms with Gasteiger partial charge in [-0.25, -0.2) is 4.98 Å². The van der Waals surface area contributed by atoms with Crippen LogP contribution in [0, 0.1) is 0 Å². The minimum Gasteiger partial charge on any atom is -0.383 e. The number of aromatic nitrogens is 2. The molecule has 0 radical (unpaired) electrons. The van der Waals surface area contributed by atoms with E-state index < -0.39 is 0 Å². The van der Waals surface area contributed by atoms with Gasteiger partial charge in [-0.05, 0) is 45.7 Å². The summed E-state index contributed by atoms with van der Waals surface area (Å²) in [5, 5.41) is 0. The highest BCUT2D eigenvalue weighted by Gasteiger charge is 2.34. The molecule has 106 valence electrons. The molecule has 0 saturated heterocycles. The highest BCUT2D eigenvalue weighted by Crippen LogP contribution is 2.44. The summed E-state index contributed by atoms with van der Waals surface area (Å²) in [4.78, 5) is 4.86. The van der Waals surface area contributed by atoms with Crippen LogP contribution in [0.4, 0.5) is 5.82 Å². The quantitative estimate of drug-likeness (QED) is 0.877. The summed E-state index contributed by atoms with van der Waals surface area (Å²) < 4.78 is 3.28. The van der Waals surface area contributed by atoms with E-state index in [4.69, 9.17) is 10.7 Å². The molecular weight excluding hydrogens is 314 g/mol. The zero-order valence-corrected chi connectivity index (χ0v) is 13.7. The first-order valence-electron chi connectivity index (χ1n) is 7.02. The summed E-state index contributed by atoms with van der Waals surface area (Å²) in [6, 6.07) is 8.18. The van der Waals surface area contributed by atoms with Gasteiger partial charge in [0.15, 0.2) is 0 Å². The summed E-state index contributed by atoms with van der Waals surface area (Å²) in [7, 11) is 0. The summed E-state index contributed by atoms with van der Waals surface area (Å²) in [6.45, 7) is 6.55. The van der Waals surface area contributed by atoms with Crippen molar-refractivity contribution in [3.63, 3.8) is 0 Å².